The van der Waals surface area contributed by atoms with Gasteiger partial charge in [0.05, 0.1) is 6.21 Å². The maximum atomic E-state index is 12.1. The van der Waals surface area contributed by atoms with Crippen LogP contribution in [0.25, 0.3) is 5.69 Å². The normalized spacial score (nSPS) is 11.0. The van der Waals surface area contributed by atoms with Gasteiger partial charge in [0, 0.05) is 32.8 Å². The fraction of sp³-hybridized carbons (Fsp3) is 0.182. The first kappa shape index (κ1) is 19.9. The Morgan fingerprint density at radius 3 is 2.50 bits per heavy atom. The Bertz CT molecular complexity index is 1050. The highest BCUT2D eigenvalue weighted by Gasteiger charge is 2.10. The Morgan fingerprint density at radius 1 is 1.04 bits per heavy atom. The van der Waals surface area contributed by atoms with Crippen molar-refractivity contribution < 1.29 is 4.79 Å². The van der Waals surface area contributed by atoms with Crippen LogP contribution in [0.3, 0.4) is 0 Å². The average molecular weight is 439 g/mol. The lowest BCUT2D eigenvalue weighted by molar-refractivity contribution is 0.252. The van der Waals surface area contributed by atoms with E-state index in [1.165, 1.54) is 5.56 Å². The lowest BCUT2D eigenvalue weighted by Gasteiger charge is -2.11. The zero-order valence-electron chi connectivity index (χ0n) is 16.4. The lowest BCUT2D eigenvalue weighted by atomic mass is 10.2. The molecule has 2 N–H and O–H groups in total. The van der Waals surface area contributed by atoms with Crippen molar-refractivity contribution in [1.29, 1.82) is 0 Å². The zero-order valence-corrected chi connectivity index (χ0v) is 18.0. The summed E-state index contributed by atoms with van der Waals surface area (Å²) in [6.45, 7) is 8.11. The van der Waals surface area contributed by atoms with Gasteiger partial charge in [-0.25, -0.2) is 10.2 Å². The number of amides is 2. The fourth-order valence-corrected chi connectivity index (χ4v) is 3.35. The predicted molar refractivity (Wildman–Crippen MR) is 119 cm³/mol. The molecule has 0 spiro atoms. The van der Waals surface area contributed by atoms with Gasteiger partial charge >= 0.3 is 6.03 Å². The molecule has 2 amide bonds. The molecule has 0 aliphatic carbocycles. The predicted octanol–water partition coefficient (Wildman–Crippen LogP) is 5.63. The Kier molecular flexibility index (Phi) is 5.99. The summed E-state index contributed by atoms with van der Waals surface area (Å²) in [6.07, 6.45) is 1.67. The minimum absolute atomic E-state index is 0.372. The molecular formula is C22H23BrN4O. The number of benzene rings is 2. The highest BCUT2D eigenvalue weighted by Crippen LogP contribution is 2.24. The van der Waals surface area contributed by atoms with Crippen LogP contribution in [-0.4, -0.2) is 16.8 Å². The molecule has 0 atom stereocenters. The number of aromatic nitrogens is 1. The number of urea groups is 1. The van der Waals surface area contributed by atoms with Crippen molar-refractivity contribution in [1.82, 2.24) is 9.99 Å². The van der Waals surface area contributed by atoms with Crippen LogP contribution in [0, 0.1) is 27.7 Å². The first-order chi connectivity index (χ1) is 13.4. The summed E-state index contributed by atoms with van der Waals surface area (Å²) in [6, 6.07) is 15.5. The Morgan fingerprint density at radius 2 is 1.79 bits per heavy atom. The van der Waals surface area contributed by atoms with Crippen molar-refractivity contribution in [3.05, 3.63) is 81.1 Å². The minimum atomic E-state index is -0.372. The monoisotopic (exact) mass is 438 g/mol. The van der Waals surface area contributed by atoms with Gasteiger partial charge in [0.25, 0.3) is 0 Å². The van der Waals surface area contributed by atoms with Gasteiger partial charge < -0.3 is 9.88 Å². The van der Waals surface area contributed by atoms with E-state index in [0.29, 0.717) is 0 Å². The molecule has 0 bridgehead atoms. The van der Waals surface area contributed by atoms with Crippen molar-refractivity contribution in [2.24, 2.45) is 5.10 Å². The third-order valence-electron chi connectivity index (χ3n) is 4.63. The van der Waals surface area contributed by atoms with Gasteiger partial charge in [-0.3, -0.25) is 0 Å². The van der Waals surface area contributed by atoms with E-state index in [1.54, 1.807) is 6.21 Å². The van der Waals surface area contributed by atoms with Crippen molar-refractivity contribution in [3.63, 3.8) is 0 Å². The van der Waals surface area contributed by atoms with E-state index in [0.717, 1.165) is 38.4 Å². The van der Waals surface area contributed by atoms with Gasteiger partial charge in [0.15, 0.2) is 0 Å². The van der Waals surface area contributed by atoms with E-state index in [1.807, 2.05) is 38.1 Å². The van der Waals surface area contributed by atoms with E-state index >= 15 is 0 Å². The number of nitrogens with one attached hydrogen (secondary N) is 2. The SMILES string of the molecule is Cc1cc(-n2c(C)cc(C=NNC(=O)Nc3ccccc3C)c2C)ccc1Br. The maximum absolute atomic E-state index is 12.1. The number of nitrogens with zero attached hydrogens (tertiary/aromatic N) is 2. The standard InChI is InChI=1S/C22H23BrN4O/c1-14-7-5-6-8-21(14)25-22(28)26-24-13-18-12-16(3)27(17(18)4)19-9-10-20(23)15(2)11-19/h5-13H,1-4H3,(H2,25,26,28). The second-order valence-corrected chi connectivity index (χ2v) is 7.59. The quantitative estimate of drug-likeness (QED) is 0.402. The van der Waals surface area contributed by atoms with E-state index in [4.69, 9.17) is 0 Å². The number of rotatable bonds is 4. The molecule has 2 aromatic carbocycles. The van der Waals surface area contributed by atoms with E-state index < -0.39 is 0 Å². The number of anilines is 1. The van der Waals surface area contributed by atoms with Crippen LogP contribution in [0.4, 0.5) is 10.5 Å². The minimum Gasteiger partial charge on any atom is -0.318 e. The molecule has 1 aromatic heterocycles. The molecule has 3 aromatic rings. The molecule has 0 aliphatic rings. The zero-order chi connectivity index (χ0) is 20.3. The molecule has 5 nitrogen and oxygen atoms in total. The summed E-state index contributed by atoms with van der Waals surface area (Å²) in [5, 5.41) is 6.89. The van der Waals surface area contributed by atoms with Gasteiger partial charge in [-0.1, -0.05) is 34.1 Å². The number of hydrogen-bond acceptors (Lipinski definition) is 2. The molecule has 28 heavy (non-hydrogen) atoms. The highest BCUT2D eigenvalue weighted by atomic mass is 79.9. The van der Waals surface area contributed by atoms with Gasteiger partial charge in [0.1, 0.15) is 0 Å². The number of hydrazone groups is 1. The molecule has 0 radical (unpaired) electrons. The maximum Gasteiger partial charge on any atom is 0.339 e. The number of hydrogen-bond donors (Lipinski definition) is 2. The largest absolute Gasteiger partial charge is 0.339 e. The van der Waals surface area contributed by atoms with Crippen molar-refractivity contribution in [2.75, 3.05) is 5.32 Å². The number of carbonyl (C=O) groups excluding carboxylic acids is 1. The fourth-order valence-electron chi connectivity index (χ4n) is 3.11. The summed E-state index contributed by atoms with van der Waals surface area (Å²) in [5.74, 6) is 0. The molecule has 0 fully saturated rings. The summed E-state index contributed by atoms with van der Waals surface area (Å²) in [7, 11) is 0. The Balaban J connectivity index is 1.73. The summed E-state index contributed by atoms with van der Waals surface area (Å²) in [5.41, 5.74) is 9.67. The van der Waals surface area contributed by atoms with Crippen LogP contribution in [0.1, 0.15) is 28.1 Å². The number of aryl methyl sites for hydroxylation is 3. The molecule has 0 aliphatic heterocycles. The van der Waals surface area contributed by atoms with Gasteiger partial charge in [-0.05, 0) is 69.2 Å². The topological polar surface area (TPSA) is 58.4 Å². The molecule has 6 heteroatoms. The Hall–Kier alpha value is -2.86. The second kappa shape index (κ2) is 8.44. The van der Waals surface area contributed by atoms with Crippen LogP contribution in [0.5, 0.6) is 0 Å². The van der Waals surface area contributed by atoms with Crippen molar-refractivity contribution in [3.8, 4) is 5.69 Å². The van der Waals surface area contributed by atoms with Crippen molar-refractivity contribution in [2.45, 2.75) is 27.7 Å². The van der Waals surface area contributed by atoms with Crippen LogP contribution in [0.2, 0.25) is 0 Å². The molecule has 0 unspecified atom stereocenters. The summed E-state index contributed by atoms with van der Waals surface area (Å²) in [4.78, 5) is 12.1. The summed E-state index contributed by atoms with van der Waals surface area (Å²) < 4.78 is 3.26. The first-order valence-corrected chi connectivity index (χ1v) is 9.77. The van der Waals surface area contributed by atoms with E-state index in [-0.39, 0.29) is 6.03 Å². The summed E-state index contributed by atoms with van der Waals surface area (Å²) >= 11 is 3.54. The second-order valence-electron chi connectivity index (χ2n) is 6.73. The van der Waals surface area contributed by atoms with Crippen LogP contribution in [0.15, 0.2) is 58.1 Å². The molecule has 144 valence electrons. The third kappa shape index (κ3) is 4.34. The smallest absolute Gasteiger partial charge is 0.318 e. The highest BCUT2D eigenvalue weighted by molar-refractivity contribution is 9.10. The lowest BCUT2D eigenvalue weighted by Crippen LogP contribution is -2.24. The molecular weight excluding hydrogens is 416 g/mol. The van der Waals surface area contributed by atoms with Crippen LogP contribution >= 0.6 is 15.9 Å². The van der Waals surface area contributed by atoms with Gasteiger partial charge in [0.2, 0.25) is 0 Å². The molecule has 0 saturated heterocycles. The molecule has 0 saturated carbocycles. The van der Waals surface area contributed by atoms with Crippen LogP contribution in [-0.2, 0) is 0 Å². The molecule has 3 rings (SSSR count). The van der Waals surface area contributed by atoms with E-state index in [2.05, 4.69) is 74.5 Å². The van der Waals surface area contributed by atoms with E-state index in [9.17, 15) is 4.79 Å². The van der Waals surface area contributed by atoms with Crippen LogP contribution < -0.4 is 10.7 Å². The number of carbonyl (C=O) groups is 1. The van der Waals surface area contributed by atoms with Crippen molar-refractivity contribution >= 4 is 33.9 Å². The average Bonchev–Trinajstić information content (AvgIpc) is 2.93. The van der Waals surface area contributed by atoms with Gasteiger partial charge in [-0.15, -0.1) is 0 Å². The number of halogens is 1. The first-order valence-electron chi connectivity index (χ1n) is 8.98. The Labute approximate surface area is 173 Å². The van der Waals surface area contributed by atoms with Gasteiger partial charge in [-0.2, -0.15) is 5.10 Å². The number of para-hydroxylation sites is 1. The molecule has 1 heterocycles. The third-order valence-corrected chi connectivity index (χ3v) is 5.52.